The fraction of sp³-hybridized carbons (Fsp3) is 0.467. The van der Waals surface area contributed by atoms with Crippen molar-refractivity contribution < 1.29 is 18.7 Å². The van der Waals surface area contributed by atoms with Crippen LogP contribution >= 0.6 is 0 Å². The molecule has 2 aromatic rings. The summed E-state index contributed by atoms with van der Waals surface area (Å²) in [6.07, 6.45) is -1.40. The zero-order chi connectivity index (χ0) is 15.7. The number of halogens is 1. The van der Waals surface area contributed by atoms with Gasteiger partial charge in [0.05, 0.1) is 23.7 Å². The Morgan fingerprint density at radius 1 is 1.50 bits per heavy atom. The van der Waals surface area contributed by atoms with Crippen LogP contribution in [0.2, 0.25) is 0 Å². The first-order valence-corrected chi connectivity index (χ1v) is 7.08. The fourth-order valence-corrected chi connectivity index (χ4v) is 2.63. The van der Waals surface area contributed by atoms with Gasteiger partial charge in [0.15, 0.2) is 0 Å². The Kier molecular flexibility index (Phi) is 4.08. The van der Waals surface area contributed by atoms with E-state index in [1.807, 2.05) is 11.9 Å². The Morgan fingerprint density at radius 3 is 3.00 bits per heavy atom. The van der Waals surface area contributed by atoms with Gasteiger partial charge < -0.3 is 19.4 Å². The van der Waals surface area contributed by atoms with Crippen LogP contribution in [0.15, 0.2) is 18.2 Å². The summed E-state index contributed by atoms with van der Waals surface area (Å²) in [5, 5.41) is 0. The molecule has 0 radical (unpaired) electrons. The van der Waals surface area contributed by atoms with Crippen molar-refractivity contribution in [1.82, 2.24) is 14.9 Å². The number of rotatable bonds is 4. The number of aromatic nitrogens is 2. The van der Waals surface area contributed by atoms with Crippen LogP contribution in [0.1, 0.15) is 16.2 Å². The van der Waals surface area contributed by atoms with Gasteiger partial charge in [0.2, 0.25) is 0 Å². The monoisotopic (exact) mass is 307 g/mol. The van der Waals surface area contributed by atoms with Crippen molar-refractivity contribution >= 4 is 17.0 Å². The Bertz CT molecular complexity index is 688. The second-order valence-electron chi connectivity index (χ2n) is 5.49. The van der Waals surface area contributed by atoms with Gasteiger partial charge in [0, 0.05) is 13.1 Å². The average molecular weight is 307 g/mol. The van der Waals surface area contributed by atoms with Gasteiger partial charge in [-0.25, -0.2) is 14.2 Å². The quantitative estimate of drug-likeness (QED) is 0.868. The number of alkyl halides is 1. The number of carbonyl (C=O) groups excluding carboxylic acids is 1. The number of hydrogen-bond acceptors (Lipinski definition) is 5. The molecule has 2 heterocycles. The van der Waals surface area contributed by atoms with Crippen LogP contribution in [0.4, 0.5) is 4.39 Å². The van der Waals surface area contributed by atoms with Crippen LogP contribution in [-0.4, -0.2) is 60.4 Å². The highest BCUT2D eigenvalue weighted by Gasteiger charge is 2.31. The number of hydrogen-bond donors (Lipinski definition) is 1. The third kappa shape index (κ3) is 2.95. The number of nitrogens with zero attached hydrogens (tertiary/aromatic N) is 2. The fourth-order valence-electron chi connectivity index (χ4n) is 2.63. The van der Waals surface area contributed by atoms with Crippen molar-refractivity contribution in [2.45, 2.75) is 18.9 Å². The molecule has 22 heavy (non-hydrogen) atoms. The summed E-state index contributed by atoms with van der Waals surface area (Å²) >= 11 is 0. The lowest BCUT2D eigenvalue weighted by atomic mass is 10.2. The molecule has 1 aromatic carbocycles. The number of esters is 1. The van der Waals surface area contributed by atoms with Crippen LogP contribution in [0.5, 0.6) is 0 Å². The van der Waals surface area contributed by atoms with Crippen LogP contribution in [-0.2, 0) is 16.1 Å². The Hall–Kier alpha value is -1.99. The molecule has 1 aliphatic heterocycles. The maximum Gasteiger partial charge on any atom is 0.337 e. The Labute approximate surface area is 127 Å². The number of likely N-dealkylation sites (N-methyl/N-ethyl adjacent to an activating group) is 1. The lowest BCUT2D eigenvalue weighted by Crippen LogP contribution is -2.23. The molecule has 0 saturated carbocycles. The number of H-pyrrole nitrogens is 1. The number of likely N-dealkylation sites (tertiary alicyclic amines) is 1. The van der Waals surface area contributed by atoms with Crippen LogP contribution < -0.4 is 0 Å². The number of benzene rings is 1. The molecule has 0 amide bonds. The number of nitrogens with one attached hydrogen (secondary N) is 1. The maximum atomic E-state index is 13.7. The van der Waals surface area contributed by atoms with Crippen molar-refractivity contribution in [3.63, 3.8) is 0 Å². The third-order valence-electron chi connectivity index (χ3n) is 3.77. The number of carbonyl (C=O) groups is 1. The lowest BCUT2D eigenvalue weighted by Gasteiger charge is -2.12. The minimum Gasteiger partial charge on any atom is -0.465 e. The van der Waals surface area contributed by atoms with E-state index < -0.39 is 18.2 Å². The van der Waals surface area contributed by atoms with Crippen molar-refractivity contribution in [2.75, 3.05) is 27.2 Å². The number of imidazole rings is 1. The van der Waals surface area contributed by atoms with E-state index >= 15 is 0 Å². The van der Waals surface area contributed by atoms with Crippen LogP contribution in [0.25, 0.3) is 11.0 Å². The van der Waals surface area contributed by atoms with Gasteiger partial charge in [-0.1, -0.05) is 0 Å². The first-order valence-electron chi connectivity index (χ1n) is 7.08. The molecular formula is C15H18FN3O3. The zero-order valence-electron chi connectivity index (χ0n) is 12.5. The highest BCUT2D eigenvalue weighted by atomic mass is 19.1. The van der Waals surface area contributed by atoms with Crippen molar-refractivity contribution in [3.05, 3.63) is 29.6 Å². The first-order chi connectivity index (χ1) is 10.6. The largest absolute Gasteiger partial charge is 0.465 e. The second kappa shape index (κ2) is 6.02. The van der Waals surface area contributed by atoms with Gasteiger partial charge in [0.25, 0.3) is 0 Å². The summed E-state index contributed by atoms with van der Waals surface area (Å²) < 4.78 is 24.0. The van der Waals surface area contributed by atoms with Crippen LogP contribution in [0.3, 0.4) is 0 Å². The van der Waals surface area contributed by atoms with E-state index in [0.29, 0.717) is 24.5 Å². The minimum atomic E-state index is -0.972. The molecule has 2 atom stereocenters. The topological polar surface area (TPSA) is 67.5 Å². The summed E-state index contributed by atoms with van der Waals surface area (Å²) in [4.78, 5) is 20.9. The molecule has 118 valence electrons. The third-order valence-corrected chi connectivity index (χ3v) is 3.77. The van der Waals surface area contributed by atoms with Crippen molar-refractivity contribution in [2.24, 2.45) is 0 Å². The molecule has 6 nitrogen and oxygen atoms in total. The predicted molar refractivity (Wildman–Crippen MR) is 78.4 cm³/mol. The summed E-state index contributed by atoms with van der Waals surface area (Å²) in [6, 6.07) is 5.07. The van der Waals surface area contributed by atoms with Gasteiger partial charge in [-0.3, -0.25) is 0 Å². The van der Waals surface area contributed by atoms with E-state index in [4.69, 9.17) is 4.74 Å². The standard InChI is InChI=1S/C15H18FN3O3/c1-19-6-10(16)13(7-19)22-8-14-17-11-4-3-9(15(20)21-2)5-12(11)18-14/h3-5,10,13H,6-8H2,1-2H3,(H,17,18). The van der Waals surface area contributed by atoms with E-state index in [1.165, 1.54) is 7.11 Å². The van der Waals surface area contributed by atoms with E-state index in [-0.39, 0.29) is 6.61 Å². The number of ether oxygens (including phenoxy) is 2. The lowest BCUT2D eigenvalue weighted by molar-refractivity contribution is 0.00930. The average Bonchev–Trinajstić information content (AvgIpc) is 3.05. The summed E-state index contributed by atoms with van der Waals surface area (Å²) in [6.45, 7) is 1.18. The predicted octanol–water partition coefficient (Wildman–Crippen LogP) is 1.52. The molecule has 3 rings (SSSR count). The first kappa shape index (κ1) is 14.9. The number of fused-ring (bicyclic) bond motifs is 1. The van der Waals surface area contributed by atoms with E-state index in [1.54, 1.807) is 18.2 Å². The molecule has 1 aromatic heterocycles. The van der Waals surface area contributed by atoms with Gasteiger partial charge >= 0.3 is 5.97 Å². The highest BCUT2D eigenvalue weighted by molar-refractivity contribution is 5.93. The molecule has 1 fully saturated rings. The molecular weight excluding hydrogens is 289 g/mol. The zero-order valence-corrected chi connectivity index (χ0v) is 12.5. The van der Waals surface area contributed by atoms with E-state index in [0.717, 1.165) is 11.0 Å². The molecule has 1 aliphatic rings. The van der Waals surface area contributed by atoms with Crippen LogP contribution in [0, 0.1) is 0 Å². The van der Waals surface area contributed by atoms with Gasteiger partial charge in [-0.05, 0) is 25.2 Å². The molecule has 0 bridgehead atoms. The molecule has 1 N–H and O–H groups in total. The van der Waals surface area contributed by atoms with Gasteiger partial charge in [-0.2, -0.15) is 0 Å². The van der Waals surface area contributed by atoms with Gasteiger partial charge in [-0.15, -0.1) is 0 Å². The molecule has 0 spiro atoms. The summed E-state index contributed by atoms with van der Waals surface area (Å²) in [5.41, 5.74) is 1.90. The maximum absolute atomic E-state index is 13.7. The summed E-state index contributed by atoms with van der Waals surface area (Å²) in [7, 11) is 3.20. The SMILES string of the molecule is COC(=O)c1ccc2nc(COC3CN(C)CC3F)[nH]c2c1. The molecule has 0 aliphatic carbocycles. The highest BCUT2D eigenvalue weighted by Crippen LogP contribution is 2.18. The molecule has 2 unspecified atom stereocenters. The number of aromatic amines is 1. The second-order valence-corrected chi connectivity index (χ2v) is 5.49. The van der Waals surface area contributed by atoms with Gasteiger partial charge in [0.1, 0.15) is 24.7 Å². The Morgan fingerprint density at radius 2 is 2.32 bits per heavy atom. The van der Waals surface area contributed by atoms with E-state index in [2.05, 4.69) is 14.7 Å². The molecule has 7 heteroatoms. The molecule has 1 saturated heterocycles. The summed E-state index contributed by atoms with van der Waals surface area (Å²) in [5.74, 6) is 0.210. The van der Waals surface area contributed by atoms with Crippen molar-refractivity contribution in [3.8, 4) is 0 Å². The van der Waals surface area contributed by atoms with E-state index in [9.17, 15) is 9.18 Å². The number of methoxy groups -OCH3 is 1. The van der Waals surface area contributed by atoms with Crippen molar-refractivity contribution in [1.29, 1.82) is 0 Å². The Balaban J connectivity index is 1.71. The minimum absolute atomic E-state index is 0.209. The smallest absolute Gasteiger partial charge is 0.337 e. The normalized spacial score (nSPS) is 22.3.